The number of nitrogen functional groups attached to an aromatic ring is 2. The second-order valence-corrected chi connectivity index (χ2v) is 21.8. The molecule has 0 aliphatic carbocycles. The molecule has 29 nitrogen and oxygen atoms in total. The summed E-state index contributed by atoms with van der Waals surface area (Å²) in [7, 11) is 2.38. The van der Waals surface area contributed by atoms with E-state index in [4.69, 9.17) is 62.6 Å². The van der Waals surface area contributed by atoms with E-state index in [1.807, 2.05) is 53.7 Å². The number of ether oxygens (including phenoxy) is 2. The van der Waals surface area contributed by atoms with Crippen molar-refractivity contribution in [1.29, 1.82) is 16.2 Å². The lowest BCUT2D eigenvalue weighted by molar-refractivity contribution is -0.135. The molecule has 7 aromatic rings. The predicted octanol–water partition coefficient (Wildman–Crippen LogP) is 10.2. The molecular formula is C57H66N24O5. The average molecular weight is 1170 g/mol. The number of esters is 2. The zero-order valence-electron chi connectivity index (χ0n) is 49.4. The van der Waals surface area contributed by atoms with Crippen LogP contribution in [0.25, 0.3) is 17.6 Å². The molecule has 0 unspecified atom stereocenters. The predicted molar refractivity (Wildman–Crippen MR) is 325 cm³/mol. The summed E-state index contributed by atoms with van der Waals surface area (Å²) in [6.07, 6.45) is 2.92. The van der Waals surface area contributed by atoms with Gasteiger partial charge in [-0.25, -0.2) is 14.3 Å². The van der Waals surface area contributed by atoms with Crippen molar-refractivity contribution in [2.45, 2.75) is 80.1 Å². The summed E-state index contributed by atoms with van der Waals surface area (Å²) in [6, 6.07) is 26.5. The van der Waals surface area contributed by atoms with Crippen LogP contribution >= 0.6 is 0 Å². The number of carbonyl (C=O) groups excluding carboxylic acids is 3. The third-order valence-electron chi connectivity index (χ3n) is 12.2. The number of allylic oxidation sites excluding steroid dienone is 2. The Bertz CT molecular complexity index is 3920. The number of anilines is 5. The smallest absolute Gasteiger partial charge is 0.343 e. The summed E-state index contributed by atoms with van der Waals surface area (Å²) in [5, 5.41) is 75.7. The highest BCUT2D eigenvalue weighted by atomic mass is 16.5. The monoisotopic (exact) mass is 1170 g/mol. The number of benzene rings is 3. The minimum atomic E-state index is -0.943. The minimum absolute atomic E-state index is 0.00248. The van der Waals surface area contributed by atoms with Crippen molar-refractivity contribution in [3.8, 4) is 17.6 Å². The molecule has 3 aromatic carbocycles. The Kier molecular flexibility index (Phi) is 18.8. The summed E-state index contributed by atoms with van der Waals surface area (Å²) >= 11 is 0. The molecule has 0 fully saturated rings. The Balaban J connectivity index is 1.49. The van der Waals surface area contributed by atoms with Gasteiger partial charge >= 0.3 is 11.9 Å². The molecule has 0 saturated heterocycles. The van der Waals surface area contributed by atoms with Crippen LogP contribution in [0.5, 0.6) is 0 Å². The maximum absolute atomic E-state index is 13.1. The minimum Gasteiger partial charge on any atom is -0.465 e. The van der Waals surface area contributed by atoms with Crippen molar-refractivity contribution in [2.75, 3.05) is 41.6 Å². The standard InChI is InChI=1S/C57H66N24O5/c1-31(82)35(28-58)47(65-32-22-16-13-17-23-32)74-72-39-42(56(5,6)7)77-80(45(39)62)53-68-52(67-44(61)38(41(60)55(2,3)4)71-75-48(36(29-59)50(83)85-11)66-33-24-18-14-19-25-33)69-54(70-53)81-46(63)40(43(78-81)57(8,9)10)73-76-49-37(51(84)86-12)30-64-79(49)34-26-20-15-21-27-34/h13-30,58-60,65-66H,61-63H2,1-12H3,(H,67,68,69,70)/b44-38+,47-35-,48-36-,58-28?,59-29?,60-41?,74-72?,75-71+,76-73?. The van der Waals surface area contributed by atoms with Crippen LogP contribution in [0, 0.1) is 21.6 Å². The lowest BCUT2D eigenvalue weighted by atomic mass is 9.88. The van der Waals surface area contributed by atoms with Gasteiger partial charge in [-0.05, 0) is 43.3 Å². The third kappa shape index (κ3) is 14.1. The molecule has 86 heavy (non-hydrogen) atoms. The molecule has 0 atom stereocenters. The average Bonchev–Trinajstić information content (AvgIpc) is 1.89. The Morgan fingerprint density at radius 3 is 1.56 bits per heavy atom. The molecule has 0 radical (unpaired) electrons. The van der Waals surface area contributed by atoms with Crippen molar-refractivity contribution in [2.24, 2.45) is 41.8 Å². The maximum atomic E-state index is 13.1. The highest BCUT2D eigenvalue weighted by Crippen LogP contribution is 2.40. The molecule has 4 aromatic heterocycles. The van der Waals surface area contributed by atoms with Gasteiger partial charge in [0.05, 0.1) is 48.8 Å². The normalized spacial score (nSPS) is 13.0. The molecule has 0 aliphatic rings. The number of aromatic nitrogens is 9. The van der Waals surface area contributed by atoms with E-state index in [1.54, 1.807) is 99.6 Å². The van der Waals surface area contributed by atoms with Gasteiger partial charge in [0.15, 0.2) is 46.3 Å². The van der Waals surface area contributed by atoms with Crippen molar-refractivity contribution < 1.29 is 23.9 Å². The molecule has 444 valence electrons. The first-order chi connectivity index (χ1) is 40.7. The summed E-state index contributed by atoms with van der Waals surface area (Å²) in [5.74, 6) is -3.86. The topological polar surface area (TPSA) is 422 Å². The van der Waals surface area contributed by atoms with E-state index in [0.29, 0.717) is 22.8 Å². The molecule has 0 bridgehead atoms. The van der Waals surface area contributed by atoms with Crippen LogP contribution in [0.15, 0.2) is 162 Å². The van der Waals surface area contributed by atoms with Gasteiger partial charge in [-0.3, -0.25) is 4.79 Å². The summed E-state index contributed by atoms with van der Waals surface area (Å²) in [4.78, 5) is 53.3. The number of nitrogens with zero attached hydrogens (tertiary/aromatic N) is 15. The number of nitrogens with two attached hydrogens (primary N) is 3. The van der Waals surface area contributed by atoms with E-state index in [-0.39, 0.29) is 97.9 Å². The van der Waals surface area contributed by atoms with Crippen LogP contribution in [-0.2, 0) is 29.9 Å². The van der Waals surface area contributed by atoms with Gasteiger partial charge < -0.3 is 58.9 Å². The number of carbonyl (C=O) groups is 3. The number of hydrogen-bond acceptors (Lipinski definition) is 26. The Labute approximate surface area is 494 Å². The highest BCUT2D eigenvalue weighted by molar-refractivity contribution is 6.12. The molecule has 0 spiro atoms. The van der Waals surface area contributed by atoms with Gasteiger partial charge in [0.2, 0.25) is 5.95 Å². The van der Waals surface area contributed by atoms with Gasteiger partial charge in [0.1, 0.15) is 22.7 Å². The summed E-state index contributed by atoms with van der Waals surface area (Å²) in [5.41, 5.74) is 19.9. The van der Waals surface area contributed by atoms with Crippen LogP contribution in [0.4, 0.5) is 46.2 Å². The lowest BCUT2D eigenvalue weighted by Gasteiger charge is -2.21. The maximum Gasteiger partial charge on any atom is 0.343 e. The molecule has 29 heteroatoms. The van der Waals surface area contributed by atoms with Crippen LogP contribution in [0.1, 0.15) is 91.0 Å². The molecular weight excluding hydrogens is 1100 g/mol. The van der Waals surface area contributed by atoms with E-state index >= 15 is 0 Å². The van der Waals surface area contributed by atoms with Crippen LogP contribution in [-0.4, -0.2) is 94.4 Å². The molecule has 7 rings (SSSR count). The van der Waals surface area contributed by atoms with Crippen molar-refractivity contribution in [3.63, 3.8) is 0 Å². The summed E-state index contributed by atoms with van der Waals surface area (Å²) < 4.78 is 13.8. The number of methoxy groups -OCH3 is 2. The molecule has 0 amide bonds. The largest absolute Gasteiger partial charge is 0.465 e. The highest BCUT2D eigenvalue weighted by Gasteiger charge is 2.32. The quantitative estimate of drug-likeness (QED) is 0.0140. The SMILES string of the molecule is COC(=O)\C(C=N)=C(/N=N/C(C(=N)C(C)(C)C)=C(\N)Nc1nc(-n2nc(C(C)(C)C)c(N=N/C(Nc3ccccc3)=C(/C=N)C(C)=O)c2N)nc(-n2nc(C(C)(C)C)c(N=Nc3c(C(=O)OC)cnn3-c3ccccc3)c2N)n1)Nc1ccccc1. The van der Waals surface area contributed by atoms with E-state index < -0.39 is 34.0 Å². The van der Waals surface area contributed by atoms with E-state index in [1.165, 1.54) is 34.3 Å². The molecule has 4 heterocycles. The molecule has 0 saturated carbocycles. The second kappa shape index (κ2) is 25.9. The first kappa shape index (κ1) is 62.3. The van der Waals surface area contributed by atoms with E-state index in [2.05, 4.69) is 51.7 Å². The van der Waals surface area contributed by atoms with Gasteiger partial charge in [-0.2, -0.15) is 39.6 Å². The van der Waals surface area contributed by atoms with Crippen molar-refractivity contribution in [3.05, 3.63) is 148 Å². The zero-order chi connectivity index (χ0) is 62.8. The van der Waals surface area contributed by atoms with Gasteiger partial charge in [0.25, 0.3) is 11.9 Å². The molecule has 12 N–H and O–H groups in total. The fourth-order valence-corrected chi connectivity index (χ4v) is 7.76. The van der Waals surface area contributed by atoms with Crippen LogP contribution < -0.4 is 33.2 Å². The van der Waals surface area contributed by atoms with Crippen LogP contribution in [0.3, 0.4) is 0 Å². The van der Waals surface area contributed by atoms with Gasteiger partial charge in [-0.1, -0.05) is 117 Å². The third-order valence-corrected chi connectivity index (χ3v) is 12.2. The molecule has 0 aliphatic heterocycles. The summed E-state index contributed by atoms with van der Waals surface area (Å²) in [6.45, 7) is 17.7. The van der Waals surface area contributed by atoms with Crippen LogP contribution in [0.2, 0.25) is 0 Å². The fraction of sp³-hybridized carbons (Fsp3) is 0.263. The number of nitrogens with one attached hydrogen (secondary N) is 6. The van der Waals surface area contributed by atoms with Crippen molar-refractivity contribution in [1.82, 2.24) is 44.3 Å². The Morgan fingerprint density at radius 2 is 1.10 bits per heavy atom. The lowest BCUT2D eigenvalue weighted by Crippen LogP contribution is -2.26. The number of Topliss-reactive ketones (excluding diaryl/α,β-unsaturated/α-hetero) is 1. The Morgan fingerprint density at radius 1 is 0.616 bits per heavy atom. The fourth-order valence-electron chi connectivity index (χ4n) is 7.76. The number of rotatable bonds is 21. The zero-order valence-corrected chi connectivity index (χ0v) is 49.4. The van der Waals surface area contributed by atoms with Gasteiger partial charge in [-0.15, -0.1) is 30.7 Å². The number of azo groups is 3. The van der Waals surface area contributed by atoms with Gasteiger partial charge in [0, 0.05) is 40.0 Å². The number of hydrogen-bond donors (Lipinski definition) is 9. The first-order valence-corrected chi connectivity index (χ1v) is 26.3. The second-order valence-electron chi connectivity index (χ2n) is 21.8. The van der Waals surface area contributed by atoms with E-state index in [9.17, 15) is 19.8 Å². The number of ketones is 1. The Hall–Kier alpha value is -11.3. The first-order valence-electron chi connectivity index (χ1n) is 26.3. The number of para-hydroxylation sites is 3. The van der Waals surface area contributed by atoms with Crippen molar-refractivity contribution >= 4 is 82.0 Å². The van der Waals surface area contributed by atoms with E-state index in [0.717, 1.165) is 19.5 Å².